The van der Waals surface area contributed by atoms with E-state index in [1.165, 1.54) is 0 Å². The van der Waals surface area contributed by atoms with Crippen molar-refractivity contribution in [2.45, 2.75) is 18.3 Å². The largest absolute Gasteiger partial charge is 0.353 e. The van der Waals surface area contributed by atoms with Crippen molar-refractivity contribution in [2.24, 2.45) is 0 Å². The van der Waals surface area contributed by atoms with Gasteiger partial charge in [0.25, 0.3) is 0 Å². The van der Waals surface area contributed by atoms with Crippen LogP contribution in [0, 0.1) is 0 Å². The number of carbonyl (C=O) groups excluding carboxylic acids is 1. The summed E-state index contributed by atoms with van der Waals surface area (Å²) in [6.07, 6.45) is -0.230. The summed E-state index contributed by atoms with van der Waals surface area (Å²) in [5, 5.41) is 0. The van der Waals surface area contributed by atoms with Crippen LogP contribution >= 0.6 is 0 Å². The highest BCUT2D eigenvalue weighted by atomic mass is 16.7. The Hall–Kier alpha value is -0.490. The van der Waals surface area contributed by atoms with Crippen LogP contribution in [0.2, 0.25) is 0 Å². The third-order valence-electron chi connectivity index (χ3n) is 1.99. The van der Waals surface area contributed by atoms with Crippen LogP contribution in [0.25, 0.3) is 0 Å². The van der Waals surface area contributed by atoms with Crippen LogP contribution in [0.1, 0.15) is 0 Å². The maximum Gasteiger partial charge on any atom is 0.151 e. The third kappa shape index (κ3) is 1.36. The highest BCUT2D eigenvalue weighted by Gasteiger charge is 2.38. The molecule has 2 fully saturated rings. The van der Waals surface area contributed by atoms with Gasteiger partial charge in [-0.05, 0) is 0 Å². The summed E-state index contributed by atoms with van der Waals surface area (Å²) >= 11 is 0. The second-order valence-corrected chi connectivity index (χ2v) is 2.71. The lowest BCUT2D eigenvalue weighted by Crippen LogP contribution is -2.53. The molecule has 0 aliphatic carbocycles. The van der Waals surface area contributed by atoms with Crippen molar-refractivity contribution < 1.29 is 23.7 Å². The fourth-order valence-electron chi connectivity index (χ4n) is 1.36. The number of hydrogen-bond acceptors (Lipinski definition) is 5. The van der Waals surface area contributed by atoms with Gasteiger partial charge in [-0.25, -0.2) is 0 Å². The van der Waals surface area contributed by atoms with Crippen molar-refractivity contribution in [2.75, 3.05) is 20.2 Å². The summed E-state index contributed by atoms with van der Waals surface area (Å²) in [5.41, 5.74) is 0. The molecule has 12 heavy (non-hydrogen) atoms. The predicted octanol–water partition coefficient (Wildman–Crippen LogP) is -0.700. The highest BCUT2D eigenvalue weighted by molar-refractivity contribution is 5.57. The lowest BCUT2D eigenvalue weighted by Gasteiger charge is -2.37. The summed E-state index contributed by atoms with van der Waals surface area (Å²) < 4.78 is 20.4. The Morgan fingerprint density at radius 2 is 2.08 bits per heavy atom. The Labute approximate surface area is 69.5 Å². The number of rotatable bonds is 1. The van der Waals surface area contributed by atoms with E-state index in [2.05, 4.69) is 0 Å². The van der Waals surface area contributed by atoms with Crippen LogP contribution < -0.4 is 0 Å². The van der Waals surface area contributed by atoms with Crippen molar-refractivity contribution in [3.63, 3.8) is 0 Å². The van der Waals surface area contributed by atoms with Gasteiger partial charge in [-0.3, -0.25) is 0 Å². The molecule has 5 heteroatoms. The second-order valence-electron chi connectivity index (χ2n) is 2.71. The smallest absolute Gasteiger partial charge is 0.151 e. The van der Waals surface area contributed by atoms with Gasteiger partial charge in [-0.2, -0.15) is 0 Å². The Kier molecular flexibility index (Phi) is 2.36. The molecule has 0 aromatic heterocycles. The summed E-state index contributed by atoms with van der Waals surface area (Å²) in [5.74, 6) is 0. The molecule has 3 atom stereocenters. The molecule has 0 N–H and O–H groups in total. The number of carbonyl (C=O) groups is 1. The Morgan fingerprint density at radius 3 is 2.92 bits per heavy atom. The fraction of sp³-hybridized carbons (Fsp3) is 0.857. The zero-order valence-electron chi connectivity index (χ0n) is 6.47. The fourth-order valence-corrected chi connectivity index (χ4v) is 1.36. The molecule has 0 spiro atoms. The van der Waals surface area contributed by atoms with Crippen LogP contribution in [0.5, 0.6) is 0 Å². The first kappa shape index (κ1) is 8.12. The first-order valence-corrected chi connectivity index (χ1v) is 3.79. The third-order valence-corrected chi connectivity index (χ3v) is 1.99. The van der Waals surface area contributed by atoms with Gasteiger partial charge in [0.2, 0.25) is 0 Å². The van der Waals surface area contributed by atoms with E-state index in [1.807, 2.05) is 0 Å². The highest BCUT2D eigenvalue weighted by Crippen LogP contribution is 2.19. The minimum atomic E-state index is -0.507. The molecule has 0 amide bonds. The van der Waals surface area contributed by atoms with E-state index < -0.39 is 6.10 Å². The van der Waals surface area contributed by atoms with Crippen molar-refractivity contribution in [3.05, 3.63) is 0 Å². The molecule has 0 radical (unpaired) electrons. The molecule has 2 aliphatic rings. The van der Waals surface area contributed by atoms with Crippen LogP contribution in [0.4, 0.5) is 0 Å². The molecule has 0 aromatic carbocycles. The average Bonchev–Trinajstić information content (AvgIpc) is 2.17. The molecule has 5 nitrogen and oxygen atoms in total. The minimum Gasteiger partial charge on any atom is -0.353 e. The average molecular weight is 174 g/mol. The zero-order chi connectivity index (χ0) is 8.39. The maximum atomic E-state index is 10.5. The van der Waals surface area contributed by atoms with Crippen molar-refractivity contribution in [1.29, 1.82) is 0 Å². The lowest BCUT2D eigenvalue weighted by atomic mass is 10.1. The van der Waals surface area contributed by atoms with Gasteiger partial charge in [-0.1, -0.05) is 0 Å². The van der Waals surface area contributed by atoms with Gasteiger partial charge < -0.3 is 23.7 Å². The van der Waals surface area contributed by atoms with Crippen LogP contribution in [0.3, 0.4) is 0 Å². The maximum absolute atomic E-state index is 10.5. The SMILES string of the molecule is O=C[C@@H]1OCO[C@H]2COCO[C@@H]12. The van der Waals surface area contributed by atoms with E-state index in [4.69, 9.17) is 18.9 Å². The normalized spacial score (nSPS) is 41.8. The molecular weight excluding hydrogens is 164 g/mol. The minimum absolute atomic E-state index is 0.136. The first-order chi connectivity index (χ1) is 5.92. The molecule has 2 rings (SSSR count). The molecule has 68 valence electrons. The van der Waals surface area contributed by atoms with Gasteiger partial charge in [0.1, 0.15) is 31.9 Å². The Balaban J connectivity index is 2.03. The van der Waals surface area contributed by atoms with Gasteiger partial charge >= 0.3 is 0 Å². The Morgan fingerprint density at radius 1 is 1.17 bits per heavy atom. The van der Waals surface area contributed by atoms with E-state index in [1.54, 1.807) is 0 Å². The van der Waals surface area contributed by atoms with Gasteiger partial charge in [-0.15, -0.1) is 0 Å². The summed E-state index contributed by atoms with van der Waals surface area (Å²) in [7, 11) is 0. The molecule has 2 heterocycles. The van der Waals surface area contributed by atoms with Gasteiger partial charge in [0, 0.05) is 0 Å². The van der Waals surface area contributed by atoms with E-state index >= 15 is 0 Å². The molecule has 0 unspecified atom stereocenters. The lowest BCUT2D eigenvalue weighted by molar-refractivity contribution is -0.292. The monoisotopic (exact) mass is 174 g/mol. The van der Waals surface area contributed by atoms with E-state index in [-0.39, 0.29) is 25.8 Å². The number of ether oxygens (including phenoxy) is 4. The number of aldehydes is 1. The van der Waals surface area contributed by atoms with Crippen LogP contribution in [-0.4, -0.2) is 44.8 Å². The quantitative estimate of drug-likeness (QED) is 0.492. The van der Waals surface area contributed by atoms with E-state index in [0.29, 0.717) is 6.61 Å². The topological polar surface area (TPSA) is 54.0 Å². The van der Waals surface area contributed by atoms with Gasteiger partial charge in [0.05, 0.1) is 6.61 Å². The molecule has 0 saturated carbocycles. The van der Waals surface area contributed by atoms with Crippen molar-refractivity contribution >= 4 is 6.29 Å². The zero-order valence-corrected chi connectivity index (χ0v) is 6.47. The second kappa shape index (κ2) is 3.49. The molecule has 2 aliphatic heterocycles. The molecule has 2 saturated heterocycles. The molecular formula is C7H10O5. The number of fused-ring (bicyclic) bond motifs is 1. The summed E-state index contributed by atoms with van der Waals surface area (Å²) in [6.45, 7) is 0.813. The van der Waals surface area contributed by atoms with Crippen LogP contribution in [0.15, 0.2) is 0 Å². The standard InChI is InChI=1S/C7H10O5/c8-1-5-7-6(11-4-10-5)2-9-3-12-7/h1,5-7H,2-4H2/t5-,6-,7-/m0/s1. The van der Waals surface area contributed by atoms with Gasteiger partial charge in [0.15, 0.2) is 6.29 Å². The summed E-state index contributed by atoms with van der Waals surface area (Å²) in [4.78, 5) is 10.5. The number of hydrogen-bond donors (Lipinski definition) is 0. The van der Waals surface area contributed by atoms with Crippen molar-refractivity contribution in [1.82, 2.24) is 0 Å². The Bertz CT molecular complexity index is 169. The predicted molar refractivity (Wildman–Crippen MR) is 36.4 cm³/mol. The van der Waals surface area contributed by atoms with E-state index in [9.17, 15) is 4.79 Å². The molecule has 0 bridgehead atoms. The molecule has 0 aromatic rings. The van der Waals surface area contributed by atoms with Crippen LogP contribution in [-0.2, 0) is 23.7 Å². The first-order valence-electron chi connectivity index (χ1n) is 3.79. The van der Waals surface area contributed by atoms with E-state index in [0.717, 1.165) is 6.29 Å². The summed E-state index contributed by atoms with van der Waals surface area (Å²) in [6, 6.07) is 0. The van der Waals surface area contributed by atoms with Crippen molar-refractivity contribution in [3.8, 4) is 0 Å².